The molecule has 1 fully saturated rings. The molecule has 1 aromatic carbocycles. The van der Waals surface area contributed by atoms with Crippen molar-refractivity contribution in [3.05, 3.63) is 36.1 Å². The van der Waals surface area contributed by atoms with E-state index in [9.17, 15) is 9.90 Å². The lowest BCUT2D eigenvalue weighted by Crippen LogP contribution is -2.38. The van der Waals surface area contributed by atoms with Crippen molar-refractivity contribution in [3.8, 4) is 0 Å². The van der Waals surface area contributed by atoms with Gasteiger partial charge in [-0.1, -0.05) is 18.2 Å². The number of hydrogen-bond acceptors (Lipinski definition) is 4. The summed E-state index contributed by atoms with van der Waals surface area (Å²) in [6, 6.07) is 7.71. The molecular formula is C19H25NO4. The maximum Gasteiger partial charge on any atom is 0.410 e. The first-order valence-electron chi connectivity index (χ1n) is 8.46. The van der Waals surface area contributed by atoms with Crippen LogP contribution in [0.5, 0.6) is 0 Å². The summed E-state index contributed by atoms with van der Waals surface area (Å²) >= 11 is 0. The van der Waals surface area contributed by atoms with E-state index in [2.05, 4.69) is 0 Å². The number of benzene rings is 1. The molecule has 5 nitrogen and oxygen atoms in total. The summed E-state index contributed by atoms with van der Waals surface area (Å²) < 4.78 is 11.0. The second-order valence-electron chi connectivity index (χ2n) is 7.50. The fraction of sp³-hybridized carbons (Fsp3) is 0.526. The van der Waals surface area contributed by atoms with Gasteiger partial charge in [-0.15, -0.1) is 0 Å². The summed E-state index contributed by atoms with van der Waals surface area (Å²) in [6.45, 7) is 6.62. The van der Waals surface area contributed by atoms with E-state index in [1.807, 2.05) is 45.0 Å². The van der Waals surface area contributed by atoms with Gasteiger partial charge in [0.2, 0.25) is 0 Å². The van der Waals surface area contributed by atoms with Crippen LogP contribution in [0.2, 0.25) is 0 Å². The summed E-state index contributed by atoms with van der Waals surface area (Å²) in [5, 5.41) is 12.2. The van der Waals surface area contributed by atoms with Crippen LogP contribution in [0, 0.1) is 0 Å². The topological polar surface area (TPSA) is 62.9 Å². The molecule has 0 saturated carbocycles. The minimum Gasteiger partial charge on any atom is -0.464 e. The molecule has 2 heterocycles. The first-order chi connectivity index (χ1) is 11.3. The van der Waals surface area contributed by atoms with Gasteiger partial charge in [0.15, 0.2) is 0 Å². The molecule has 3 rings (SSSR count). The molecule has 1 atom stereocenters. The van der Waals surface area contributed by atoms with Gasteiger partial charge in [-0.05, 0) is 46.1 Å². The Morgan fingerprint density at radius 1 is 1.25 bits per heavy atom. The highest BCUT2D eigenvalue weighted by Gasteiger charge is 2.36. The first kappa shape index (κ1) is 16.8. The van der Waals surface area contributed by atoms with Crippen molar-refractivity contribution in [2.24, 2.45) is 0 Å². The minimum atomic E-state index is -0.992. The SMILES string of the molecule is CC(C)(C)OC(=O)N1CCCC(O)(c2cccc3ccoc23)CC1. The van der Waals surface area contributed by atoms with E-state index in [1.54, 1.807) is 11.2 Å². The van der Waals surface area contributed by atoms with Crippen molar-refractivity contribution in [1.82, 2.24) is 4.90 Å². The molecule has 1 amide bonds. The molecule has 1 aromatic heterocycles. The van der Waals surface area contributed by atoms with E-state index in [0.717, 1.165) is 16.5 Å². The van der Waals surface area contributed by atoms with E-state index >= 15 is 0 Å². The fourth-order valence-corrected chi connectivity index (χ4v) is 3.26. The number of hydrogen-bond donors (Lipinski definition) is 1. The molecule has 1 aliphatic rings. The highest BCUT2D eigenvalue weighted by molar-refractivity contribution is 5.81. The van der Waals surface area contributed by atoms with Crippen LogP contribution >= 0.6 is 0 Å². The van der Waals surface area contributed by atoms with Crippen LogP contribution in [0.4, 0.5) is 4.79 Å². The molecular weight excluding hydrogens is 306 g/mol. The van der Waals surface area contributed by atoms with Crippen LogP contribution in [0.15, 0.2) is 34.9 Å². The highest BCUT2D eigenvalue weighted by atomic mass is 16.6. The zero-order chi connectivity index (χ0) is 17.4. The van der Waals surface area contributed by atoms with Crippen molar-refractivity contribution < 1.29 is 19.1 Å². The monoisotopic (exact) mass is 331 g/mol. The van der Waals surface area contributed by atoms with Gasteiger partial charge < -0.3 is 19.2 Å². The summed E-state index contributed by atoms with van der Waals surface area (Å²) in [5.41, 5.74) is 0.0230. The molecule has 1 unspecified atom stereocenters. The molecule has 1 aliphatic heterocycles. The van der Waals surface area contributed by atoms with Gasteiger partial charge >= 0.3 is 6.09 Å². The van der Waals surface area contributed by atoms with E-state index < -0.39 is 11.2 Å². The van der Waals surface area contributed by atoms with E-state index in [4.69, 9.17) is 9.15 Å². The van der Waals surface area contributed by atoms with E-state index in [0.29, 0.717) is 32.4 Å². The third-order valence-electron chi connectivity index (χ3n) is 4.45. The van der Waals surface area contributed by atoms with Crippen molar-refractivity contribution >= 4 is 17.1 Å². The predicted octanol–water partition coefficient (Wildman–Crippen LogP) is 4.04. The number of rotatable bonds is 1. The number of para-hydroxylation sites is 1. The molecule has 1 N–H and O–H groups in total. The second kappa shape index (κ2) is 6.13. The highest BCUT2D eigenvalue weighted by Crippen LogP contribution is 2.37. The zero-order valence-electron chi connectivity index (χ0n) is 14.5. The van der Waals surface area contributed by atoms with Crippen molar-refractivity contribution in [3.63, 3.8) is 0 Å². The van der Waals surface area contributed by atoms with Crippen molar-refractivity contribution in [1.29, 1.82) is 0 Å². The molecule has 0 spiro atoms. The van der Waals surface area contributed by atoms with Crippen LogP contribution in [0.1, 0.15) is 45.6 Å². The van der Waals surface area contributed by atoms with Crippen molar-refractivity contribution in [2.75, 3.05) is 13.1 Å². The maximum atomic E-state index is 12.3. The number of aliphatic hydroxyl groups is 1. The van der Waals surface area contributed by atoms with Crippen LogP contribution in [-0.4, -0.2) is 34.8 Å². The smallest absolute Gasteiger partial charge is 0.410 e. The lowest BCUT2D eigenvalue weighted by Gasteiger charge is -2.28. The number of amides is 1. The van der Waals surface area contributed by atoms with Gasteiger partial charge in [-0.2, -0.15) is 0 Å². The summed E-state index contributed by atoms with van der Waals surface area (Å²) in [6.07, 6.45) is 3.09. The molecule has 24 heavy (non-hydrogen) atoms. The number of furan rings is 1. The Morgan fingerprint density at radius 3 is 2.79 bits per heavy atom. The normalized spacial score (nSPS) is 22.4. The Balaban J connectivity index is 1.79. The number of carbonyl (C=O) groups excluding carboxylic acids is 1. The molecule has 2 aromatic rings. The van der Waals surface area contributed by atoms with Gasteiger partial charge in [0, 0.05) is 24.0 Å². The lowest BCUT2D eigenvalue weighted by molar-refractivity contribution is 0.0132. The zero-order valence-corrected chi connectivity index (χ0v) is 14.5. The third kappa shape index (κ3) is 3.41. The molecule has 0 aliphatic carbocycles. The van der Waals surface area contributed by atoms with Gasteiger partial charge in [0.1, 0.15) is 11.2 Å². The third-order valence-corrected chi connectivity index (χ3v) is 4.45. The second-order valence-corrected chi connectivity index (χ2v) is 7.50. The van der Waals surface area contributed by atoms with Crippen LogP contribution in [0.25, 0.3) is 11.0 Å². The van der Waals surface area contributed by atoms with Crippen LogP contribution in [-0.2, 0) is 10.3 Å². The van der Waals surface area contributed by atoms with E-state index in [-0.39, 0.29) is 6.09 Å². The largest absolute Gasteiger partial charge is 0.464 e. The minimum absolute atomic E-state index is 0.317. The Labute approximate surface area is 142 Å². The molecule has 5 heteroatoms. The summed E-state index contributed by atoms with van der Waals surface area (Å²) in [4.78, 5) is 14.0. The van der Waals surface area contributed by atoms with Crippen LogP contribution in [0.3, 0.4) is 0 Å². The number of fused-ring (bicyclic) bond motifs is 1. The molecule has 0 bridgehead atoms. The van der Waals surface area contributed by atoms with E-state index in [1.165, 1.54) is 0 Å². The Kier molecular flexibility index (Phi) is 4.30. The average molecular weight is 331 g/mol. The van der Waals surface area contributed by atoms with Gasteiger partial charge in [-0.3, -0.25) is 0 Å². The molecule has 130 valence electrons. The maximum absolute atomic E-state index is 12.3. The quantitative estimate of drug-likeness (QED) is 0.856. The first-order valence-corrected chi connectivity index (χ1v) is 8.46. The Morgan fingerprint density at radius 2 is 2.04 bits per heavy atom. The predicted molar refractivity (Wildman–Crippen MR) is 91.8 cm³/mol. The number of nitrogens with zero attached hydrogens (tertiary/aromatic N) is 1. The standard InChI is InChI=1S/C19H25NO4/c1-18(2,3)24-17(21)20-11-5-9-19(22,10-12-20)15-7-4-6-14-8-13-23-16(14)15/h4,6-8,13,22H,5,9-12H2,1-3H3. The van der Waals surface area contributed by atoms with Gasteiger partial charge in [0.05, 0.1) is 11.9 Å². The Hall–Kier alpha value is -2.01. The fourth-order valence-electron chi connectivity index (χ4n) is 3.26. The summed E-state index contributed by atoms with van der Waals surface area (Å²) in [5.74, 6) is 0. The Bertz CT molecular complexity index is 730. The molecule has 1 saturated heterocycles. The lowest BCUT2D eigenvalue weighted by atomic mass is 9.86. The van der Waals surface area contributed by atoms with Gasteiger partial charge in [0.25, 0.3) is 0 Å². The number of carbonyl (C=O) groups is 1. The average Bonchev–Trinajstić information content (AvgIpc) is 2.88. The number of likely N-dealkylation sites (tertiary alicyclic amines) is 1. The molecule has 0 radical (unpaired) electrons. The van der Waals surface area contributed by atoms with Crippen molar-refractivity contribution in [2.45, 2.75) is 51.2 Å². The van der Waals surface area contributed by atoms with Gasteiger partial charge in [-0.25, -0.2) is 4.79 Å². The summed E-state index contributed by atoms with van der Waals surface area (Å²) in [7, 11) is 0. The van der Waals surface area contributed by atoms with Crippen LogP contribution < -0.4 is 0 Å². The number of ether oxygens (including phenoxy) is 1.